The van der Waals surface area contributed by atoms with E-state index >= 15 is 0 Å². The van der Waals surface area contributed by atoms with Gasteiger partial charge in [-0.05, 0) is 24.6 Å². The summed E-state index contributed by atoms with van der Waals surface area (Å²) in [5.41, 5.74) is 1.42. The van der Waals surface area contributed by atoms with E-state index in [0.29, 0.717) is 15.2 Å². The molecule has 0 atom stereocenters. The fraction of sp³-hybridized carbons (Fsp3) is 0.188. The molecule has 0 saturated heterocycles. The minimum Gasteiger partial charge on any atom is -0.465 e. The van der Waals surface area contributed by atoms with Crippen molar-refractivity contribution in [3.63, 3.8) is 0 Å². The van der Waals surface area contributed by atoms with Crippen LogP contribution in [-0.2, 0) is 16.1 Å². The molecule has 3 aromatic rings. The lowest BCUT2D eigenvalue weighted by atomic mass is 10.1. The van der Waals surface area contributed by atoms with Gasteiger partial charge in [-0.3, -0.25) is 14.2 Å². The van der Waals surface area contributed by atoms with Gasteiger partial charge in [-0.25, -0.2) is 4.98 Å². The van der Waals surface area contributed by atoms with Crippen LogP contribution in [0.3, 0.4) is 0 Å². The molecule has 0 radical (unpaired) electrons. The molecule has 23 heavy (non-hydrogen) atoms. The molecule has 118 valence electrons. The first-order valence-electron chi connectivity index (χ1n) is 6.98. The van der Waals surface area contributed by atoms with E-state index in [1.54, 1.807) is 19.1 Å². The molecule has 0 amide bonds. The Labute approximate surface area is 141 Å². The number of halogens is 1. The number of esters is 1. The normalized spacial score (nSPS) is 10.9. The van der Waals surface area contributed by atoms with Gasteiger partial charge in [-0.2, -0.15) is 0 Å². The Morgan fingerprint density at radius 2 is 2.09 bits per heavy atom. The van der Waals surface area contributed by atoms with Gasteiger partial charge >= 0.3 is 5.97 Å². The lowest BCUT2D eigenvalue weighted by Crippen LogP contribution is -2.25. The quantitative estimate of drug-likeness (QED) is 0.678. The highest BCUT2D eigenvalue weighted by Gasteiger charge is 2.14. The number of carbonyl (C=O) groups is 1. The summed E-state index contributed by atoms with van der Waals surface area (Å²) in [6, 6.07) is 7.25. The van der Waals surface area contributed by atoms with Crippen LogP contribution in [0.4, 0.5) is 0 Å². The Bertz CT molecular complexity index is 915. The molecular weight excluding hydrogens is 336 g/mol. The lowest BCUT2D eigenvalue weighted by molar-refractivity contribution is -0.143. The van der Waals surface area contributed by atoms with Crippen molar-refractivity contribution in [1.29, 1.82) is 0 Å². The number of nitrogens with zero attached hydrogens (tertiary/aromatic N) is 2. The number of thiophene rings is 1. The zero-order valence-electron chi connectivity index (χ0n) is 12.3. The highest BCUT2D eigenvalue weighted by Crippen LogP contribution is 2.31. The lowest BCUT2D eigenvalue weighted by Gasteiger charge is -2.06. The molecule has 0 unspecified atom stereocenters. The predicted octanol–water partition coefficient (Wildman–Crippen LogP) is 3.34. The van der Waals surface area contributed by atoms with Crippen LogP contribution in [0, 0.1) is 0 Å². The first kappa shape index (κ1) is 15.7. The molecule has 0 N–H and O–H groups in total. The minimum absolute atomic E-state index is 0.147. The van der Waals surface area contributed by atoms with Crippen molar-refractivity contribution in [2.45, 2.75) is 13.5 Å². The number of benzene rings is 1. The molecule has 2 aromatic heterocycles. The summed E-state index contributed by atoms with van der Waals surface area (Å²) in [6.07, 6.45) is 1.38. The van der Waals surface area contributed by atoms with Crippen LogP contribution in [0.5, 0.6) is 0 Å². The Morgan fingerprint density at radius 1 is 1.35 bits per heavy atom. The van der Waals surface area contributed by atoms with E-state index in [1.165, 1.54) is 22.2 Å². The second-order valence-electron chi connectivity index (χ2n) is 4.82. The molecule has 0 saturated carbocycles. The van der Waals surface area contributed by atoms with Crippen LogP contribution < -0.4 is 5.56 Å². The van der Waals surface area contributed by atoms with Crippen LogP contribution in [-0.4, -0.2) is 22.1 Å². The Kier molecular flexibility index (Phi) is 4.45. The number of hydrogen-bond acceptors (Lipinski definition) is 5. The smallest absolute Gasteiger partial charge is 0.326 e. The average Bonchev–Trinajstić information content (AvgIpc) is 2.96. The summed E-state index contributed by atoms with van der Waals surface area (Å²) in [6.45, 7) is 1.85. The maximum absolute atomic E-state index is 12.7. The van der Waals surface area contributed by atoms with Crippen LogP contribution in [0.15, 0.2) is 40.8 Å². The van der Waals surface area contributed by atoms with Crippen LogP contribution in [0.2, 0.25) is 5.02 Å². The van der Waals surface area contributed by atoms with Gasteiger partial charge in [-0.15, -0.1) is 11.3 Å². The predicted molar refractivity (Wildman–Crippen MR) is 91.0 cm³/mol. The van der Waals surface area contributed by atoms with Crippen molar-refractivity contribution < 1.29 is 9.53 Å². The summed E-state index contributed by atoms with van der Waals surface area (Å²) in [5, 5.41) is 3.02. The first-order chi connectivity index (χ1) is 11.1. The van der Waals surface area contributed by atoms with Gasteiger partial charge < -0.3 is 4.74 Å². The zero-order chi connectivity index (χ0) is 16.4. The molecule has 0 aliphatic carbocycles. The van der Waals surface area contributed by atoms with Crippen molar-refractivity contribution >= 4 is 39.1 Å². The molecule has 0 fully saturated rings. The molecular formula is C16H13ClN2O3S. The third kappa shape index (κ3) is 3.13. The van der Waals surface area contributed by atoms with Crippen LogP contribution in [0.25, 0.3) is 21.3 Å². The van der Waals surface area contributed by atoms with E-state index in [-0.39, 0.29) is 18.7 Å². The van der Waals surface area contributed by atoms with Crippen LogP contribution in [0.1, 0.15) is 6.92 Å². The second kappa shape index (κ2) is 6.52. The van der Waals surface area contributed by atoms with Gasteiger partial charge in [-0.1, -0.05) is 23.7 Å². The third-order valence-electron chi connectivity index (χ3n) is 3.32. The van der Waals surface area contributed by atoms with Gasteiger partial charge in [0.2, 0.25) is 0 Å². The number of carbonyl (C=O) groups excluding carboxylic acids is 1. The molecule has 0 aliphatic rings. The highest BCUT2D eigenvalue weighted by molar-refractivity contribution is 7.17. The third-order valence-corrected chi connectivity index (χ3v) is 4.46. The van der Waals surface area contributed by atoms with E-state index in [0.717, 1.165) is 11.1 Å². The number of ether oxygens (including phenoxy) is 1. The summed E-state index contributed by atoms with van der Waals surface area (Å²) < 4.78 is 6.15. The minimum atomic E-state index is -0.459. The van der Waals surface area contributed by atoms with Gasteiger partial charge in [0.1, 0.15) is 11.4 Å². The fourth-order valence-corrected chi connectivity index (χ4v) is 3.30. The number of rotatable bonds is 4. The van der Waals surface area contributed by atoms with E-state index in [9.17, 15) is 9.59 Å². The zero-order valence-corrected chi connectivity index (χ0v) is 13.9. The number of fused-ring (bicyclic) bond motifs is 1. The maximum atomic E-state index is 12.7. The largest absolute Gasteiger partial charge is 0.465 e. The monoisotopic (exact) mass is 348 g/mol. The van der Waals surface area contributed by atoms with Crippen molar-refractivity contribution in [3.05, 3.63) is 51.3 Å². The van der Waals surface area contributed by atoms with E-state index in [4.69, 9.17) is 16.3 Å². The fourth-order valence-electron chi connectivity index (χ4n) is 2.27. The maximum Gasteiger partial charge on any atom is 0.326 e. The molecule has 0 bridgehead atoms. The van der Waals surface area contributed by atoms with Crippen molar-refractivity contribution in [2.75, 3.05) is 6.61 Å². The first-order valence-corrected chi connectivity index (χ1v) is 8.24. The van der Waals surface area contributed by atoms with Gasteiger partial charge in [0.15, 0.2) is 0 Å². The molecule has 2 heterocycles. The van der Waals surface area contributed by atoms with Crippen LogP contribution >= 0.6 is 22.9 Å². The van der Waals surface area contributed by atoms with E-state index in [1.807, 2.05) is 17.5 Å². The van der Waals surface area contributed by atoms with E-state index < -0.39 is 5.97 Å². The standard InChI is InChI=1S/C16H13ClN2O3S/c1-2-22-13(20)7-19-9-18-15-14(16(19)21)12(8-23-15)10-3-5-11(17)6-4-10/h3-6,8-9H,2,7H2,1H3. The summed E-state index contributed by atoms with van der Waals surface area (Å²) in [5.74, 6) is -0.459. The molecule has 1 aromatic carbocycles. The van der Waals surface area contributed by atoms with Crippen molar-refractivity contribution in [1.82, 2.24) is 9.55 Å². The Morgan fingerprint density at radius 3 is 2.78 bits per heavy atom. The highest BCUT2D eigenvalue weighted by atomic mass is 35.5. The molecule has 5 nitrogen and oxygen atoms in total. The second-order valence-corrected chi connectivity index (χ2v) is 6.11. The molecule has 0 spiro atoms. The molecule has 3 rings (SSSR count). The number of hydrogen-bond donors (Lipinski definition) is 0. The average molecular weight is 349 g/mol. The summed E-state index contributed by atoms with van der Waals surface area (Å²) in [4.78, 5) is 29.2. The SMILES string of the molecule is CCOC(=O)Cn1cnc2scc(-c3ccc(Cl)cc3)c2c1=O. The van der Waals surface area contributed by atoms with Crippen molar-refractivity contribution in [3.8, 4) is 11.1 Å². The van der Waals surface area contributed by atoms with Gasteiger partial charge in [0.05, 0.1) is 18.3 Å². The Hall–Kier alpha value is -2.18. The van der Waals surface area contributed by atoms with Gasteiger partial charge in [0, 0.05) is 16.0 Å². The topological polar surface area (TPSA) is 61.2 Å². The van der Waals surface area contributed by atoms with Gasteiger partial charge in [0.25, 0.3) is 5.56 Å². The molecule has 7 heteroatoms. The number of aromatic nitrogens is 2. The van der Waals surface area contributed by atoms with E-state index in [2.05, 4.69) is 4.98 Å². The summed E-state index contributed by atoms with van der Waals surface area (Å²) >= 11 is 7.30. The molecule has 0 aliphatic heterocycles. The van der Waals surface area contributed by atoms with Crippen molar-refractivity contribution in [2.24, 2.45) is 0 Å². The summed E-state index contributed by atoms with van der Waals surface area (Å²) in [7, 11) is 0. The Balaban J connectivity index is 2.09.